The predicted molar refractivity (Wildman–Crippen MR) is 80.7 cm³/mol. The van der Waals surface area contributed by atoms with E-state index in [0.717, 1.165) is 0 Å². The normalized spacial score (nSPS) is 11.1. The Kier molecular flexibility index (Phi) is 3.45. The molecular formula is C13H11N3O2S2. The summed E-state index contributed by atoms with van der Waals surface area (Å²) in [7, 11) is 1.67. The van der Waals surface area contributed by atoms with Crippen LogP contribution in [0.1, 0.15) is 10.5 Å². The number of aromatic nitrogens is 3. The number of Topliss-reactive ketones (excluding diaryl/α,β-unsaturated/α-hetero) is 1. The van der Waals surface area contributed by atoms with E-state index < -0.39 is 0 Å². The van der Waals surface area contributed by atoms with Crippen LogP contribution in [0.3, 0.4) is 0 Å². The smallest absolute Gasteiger partial charge is 0.262 e. The molecule has 5 nitrogen and oxygen atoms in total. The number of ketones is 1. The molecule has 0 bridgehead atoms. The standard InChI is InChI=1S/C13H11N3O2S2/c1-16-12(18)8-4-6-19-11(8)15-13(16)20-7-10(17)9-3-2-5-14-9/h2-6,14H,7H2,1H3. The molecule has 7 heteroatoms. The molecule has 3 heterocycles. The number of carbonyl (C=O) groups excluding carboxylic acids is 1. The Labute approximate surface area is 122 Å². The molecule has 0 unspecified atom stereocenters. The Morgan fingerprint density at radius 1 is 1.50 bits per heavy atom. The average molecular weight is 305 g/mol. The number of aromatic amines is 1. The van der Waals surface area contributed by atoms with Crippen molar-refractivity contribution in [1.82, 2.24) is 14.5 Å². The summed E-state index contributed by atoms with van der Waals surface area (Å²) >= 11 is 2.70. The van der Waals surface area contributed by atoms with Crippen molar-refractivity contribution in [3.05, 3.63) is 45.8 Å². The summed E-state index contributed by atoms with van der Waals surface area (Å²) < 4.78 is 1.49. The summed E-state index contributed by atoms with van der Waals surface area (Å²) in [6.45, 7) is 0. The molecule has 3 rings (SSSR count). The summed E-state index contributed by atoms with van der Waals surface area (Å²) in [5.74, 6) is 0.234. The molecule has 0 saturated heterocycles. The molecule has 3 aromatic heterocycles. The maximum atomic E-state index is 12.1. The summed E-state index contributed by atoms with van der Waals surface area (Å²) in [4.78, 5) is 32.0. The molecule has 0 saturated carbocycles. The number of thioether (sulfide) groups is 1. The fourth-order valence-corrected chi connectivity index (χ4v) is 3.48. The second-order valence-electron chi connectivity index (χ2n) is 4.19. The molecule has 20 heavy (non-hydrogen) atoms. The quantitative estimate of drug-likeness (QED) is 0.456. The number of carbonyl (C=O) groups is 1. The Morgan fingerprint density at radius 2 is 2.35 bits per heavy atom. The van der Waals surface area contributed by atoms with Gasteiger partial charge in [-0.2, -0.15) is 0 Å². The molecular weight excluding hydrogens is 294 g/mol. The molecule has 0 atom stereocenters. The second-order valence-corrected chi connectivity index (χ2v) is 6.03. The maximum Gasteiger partial charge on any atom is 0.262 e. The van der Waals surface area contributed by atoms with Crippen LogP contribution in [0.4, 0.5) is 0 Å². The third kappa shape index (κ3) is 2.30. The van der Waals surface area contributed by atoms with Crippen molar-refractivity contribution in [1.29, 1.82) is 0 Å². The first-order valence-corrected chi connectivity index (χ1v) is 7.77. The largest absolute Gasteiger partial charge is 0.359 e. The molecule has 0 aliphatic rings. The number of rotatable bonds is 4. The summed E-state index contributed by atoms with van der Waals surface area (Å²) in [6, 6.07) is 5.29. The molecule has 0 aromatic carbocycles. The first-order chi connectivity index (χ1) is 9.66. The highest BCUT2D eigenvalue weighted by atomic mass is 32.2. The number of fused-ring (bicyclic) bond motifs is 1. The van der Waals surface area contributed by atoms with E-state index in [4.69, 9.17) is 0 Å². The van der Waals surface area contributed by atoms with Crippen LogP contribution >= 0.6 is 23.1 Å². The van der Waals surface area contributed by atoms with Gasteiger partial charge in [0.2, 0.25) is 0 Å². The number of H-pyrrole nitrogens is 1. The van der Waals surface area contributed by atoms with Gasteiger partial charge in [-0.1, -0.05) is 11.8 Å². The van der Waals surface area contributed by atoms with Gasteiger partial charge in [0.25, 0.3) is 5.56 Å². The zero-order chi connectivity index (χ0) is 14.1. The Bertz CT molecular complexity index is 818. The average Bonchev–Trinajstić information content (AvgIpc) is 3.11. The van der Waals surface area contributed by atoms with Gasteiger partial charge in [-0.15, -0.1) is 11.3 Å². The number of hydrogen-bond acceptors (Lipinski definition) is 5. The van der Waals surface area contributed by atoms with Crippen molar-refractivity contribution in [3.63, 3.8) is 0 Å². The molecule has 0 radical (unpaired) electrons. The third-order valence-electron chi connectivity index (χ3n) is 2.89. The lowest BCUT2D eigenvalue weighted by Crippen LogP contribution is -2.19. The number of nitrogens with one attached hydrogen (secondary N) is 1. The highest BCUT2D eigenvalue weighted by molar-refractivity contribution is 7.99. The van der Waals surface area contributed by atoms with Crippen molar-refractivity contribution in [2.75, 3.05) is 5.75 Å². The van der Waals surface area contributed by atoms with Gasteiger partial charge in [0.05, 0.1) is 16.8 Å². The molecule has 0 aliphatic carbocycles. The van der Waals surface area contributed by atoms with E-state index >= 15 is 0 Å². The van der Waals surface area contributed by atoms with Crippen LogP contribution in [0.15, 0.2) is 39.7 Å². The molecule has 3 aromatic rings. The minimum atomic E-state index is -0.0777. The SMILES string of the molecule is Cn1c(SCC(=O)c2ccc[nH]2)nc2sccc2c1=O. The molecule has 0 aliphatic heterocycles. The zero-order valence-corrected chi connectivity index (χ0v) is 12.3. The van der Waals surface area contributed by atoms with Crippen molar-refractivity contribution in [3.8, 4) is 0 Å². The van der Waals surface area contributed by atoms with Crippen LogP contribution in [0.2, 0.25) is 0 Å². The van der Waals surface area contributed by atoms with E-state index in [1.165, 1.54) is 27.7 Å². The van der Waals surface area contributed by atoms with Crippen molar-refractivity contribution in [2.45, 2.75) is 5.16 Å². The van der Waals surface area contributed by atoms with Crippen LogP contribution in [0.5, 0.6) is 0 Å². The molecule has 102 valence electrons. The molecule has 1 N–H and O–H groups in total. The summed E-state index contributed by atoms with van der Waals surface area (Å²) in [6.07, 6.45) is 1.71. The van der Waals surface area contributed by atoms with Crippen LogP contribution in [-0.4, -0.2) is 26.1 Å². The van der Waals surface area contributed by atoms with E-state index in [9.17, 15) is 9.59 Å². The van der Waals surface area contributed by atoms with E-state index in [1.54, 1.807) is 31.4 Å². The molecule has 0 spiro atoms. The first-order valence-electron chi connectivity index (χ1n) is 5.90. The second kappa shape index (κ2) is 5.26. The van der Waals surface area contributed by atoms with Gasteiger partial charge < -0.3 is 4.98 Å². The van der Waals surface area contributed by atoms with Gasteiger partial charge >= 0.3 is 0 Å². The Balaban J connectivity index is 1.86. The number of hydrogen-bond donors (Lipinski definition) is 1. The van der Waals surface area contributed by atoms with Gasteiger partial charge in [0.1, 0.15) is 4.83 Å². The summed E-state index contributed by atoms with van der Waals surface area (Å²) in [5, 5.41) is 3.03. The number of thiophene rings is 1. The molecule has 0 fully saturated rings. The lowest BCUT2D eigenvalue weighted by Gasteiger charge is -2.06. The fourth-order valence-electron chi connectivity index (χ4n) is 1.82. The highest BCUT2D eigenvalue weighted by Crippen LogP contribution is 2.21. The van der Waals surface area contributed by atoms with Gasteiger partial charge in [-0.25, -0.2) is 4.98 Å². The summed E-state index contributed by atoms with van der Waals surface area (Å²) in [5.41, 5.74) is 0.491. The van der Waals surface area contributed by atoms with E-state index in [-0.39, 0.29) is 17.1 Å². The van der Waals surface area contributed by atoms with E-state index in [2.05, 4.69) is 9.97 Å². The minimum Gasteiger partial charge on any atom is -0.359 e. The highest BCUT2D eigenvalue weighted by Gasteiger charge is 2.12. The zero-order valence-electron chi connectivity index (χ0n) is 10.6. The van der Waals surface area contributed by atoms with Crippen LogP contribution in [0.25, 0.3) is 10.2 Å². The van der Waals surface area contributed by atoms with Crippen LogP contribution < -0.4 is 5.56 Å². The van der Waals surface area contributed by atoms with Crippen molar-refractivity contribution >= 4 is 39.1 Å². The van der Waals surface area contributed by atoms with Crippen molar-refractivity contribution < 1.29 is 4.79 Å². The van der Waals surface area contributed by atoms with Crippen LogP contribution in [-0.2, 0) is 7.05 Å². The van der Waals surface area contributed by atoms with E-state index in [0.29, 0.717) is 21.1 Å². The lowest BCUT2D eigenvalue weighted by atomic mass is 10.3. The van der Waals surface area contributed by atoms with Gasteiger partial charge in [-0.3, -0.25) is 14.2 Å². The van der Waals surface area contributed by atoms with Gasteiger partial charge in [0, 0.05) is 13.2 Å². The van der Waals surface area contributed by atoms with Crippen molar-refractivity contribution in [2.24, 2.45) is 7.05 Å². The Morgan fingerprint density at radius 3 is 3.10 bits per heavy atom. The van der Waals surface area contributed by atoms with Gasteiger partial charge in [-0.05, 0) is 23.6 Å². The maximum absolute atomic E-state index is 12.1. The molecule has 0 amide bonds. The minimum absolute atomic E-state index is 0.0134. The predicted octanol–water partition coefficient (Wildman–Crippen LogP) is 2.30. The van der Waals surface area contributed by atoms with Gasteiger partial charge in [0.15, 0.2) is 10.9 Å². The van der Waals surface area contributed by atoms with Crippen LogP contribution in [0, 0.1) is 0 Å². The Hall–Kier alpha value is -1.86. The monoisotopic (exact) mass is 305 g/mol. The topological polar surface area (TPSA) is 67.8 Å². The first kappa shape index (κ1) is 13.1. The lowest BCUT2D eigenvalue weighted by molar-refractivity contribution is 0.101. The fraction of sp³-hybridized carbons (Fsp3) is 0.154. The van der Waals surface area contributed by atoms with E-state index in [1.807, 2.05) is 5.38 Å². The third-order valence-corrected chi connectivity index (χ3v) is 4.73. The number of nitrogens with zero attached hydrogens (tertiary/aromatic N) is 2.